The van der Waals surface area contributed by atoms with Gasteiger partial charge in [0, 0.05) is 16.1 Å². The van der Waals surface area contributed by atoms with Gasteiger partial charge < -0.3 is 4.57 Å². The molecule has 1 nitrogen and oxygen atoms in total. The highest BCUT2D eigenvalue weighted by Gasteiger charge is 2.06. The number of nitrogens with zero attached hydrogens (tertiary/aromatic N) is 1. The average Bonchev–Trinajstić information content (AvgIpc) is 2.85. The predicted molar refractivity (Wildman–Crippen MR) is 75.1 cm³/mol. The Balaban J connectivity index is 2.08. The first-order valence-electron chi connectivity index (χ1n) is 5.53. The van der Waals surface area contributed by atoms with Crippen LogP contribution in [-0.2, 0) is 6.54 Å². The van der Waals surface area contributed by atoms with Crippen LogP contribution in [0.5, 0.6) is 0 Å². The predicted octanol–water partition coefficient (Wildman–Crippen LogP) is 4.71. The maximum Gasteiger partial charge on any atom is 0.0931 e. The molecule has 0 amide bonds. The van der Waals surface area contributed by atoms with E-state index >= 15 is 0 Å². The molecule has 0 N–H and O–H groups in total. The summed E-state index contributed by atoms with van der Waals surface area (Å²) in [5.41, 5.74) is 2.57. The zero-order valence-corrected chi connectivity index (χ0v) is 11.1. The molecule has 0 aliphatic carbocycles. The Bertz CT molecular complexity index is 666. The third kappa shape index (κ3) is 1.99. The maximum absolute atomic E-state index is 5.97. The number of aryl methyl sites for hydroxylation is 1. The standard InChI is InChI=1S/C14H12ClNS/c1-10-8-11-4-2-3-5-13(11)16(10)9-12-6-7-14(15)17-12/h2-8H,9H2,1H3. The van der Waals surface area contributed by atoms with Crippen LogP contribution in [0.15, 0.2) is 42.5 Å². The van der Waals surface area contributed by atoms with Crippen molar-refractivity contribution in [1.29, 1.82) is 0 Å². The van der Waals surface area contributed by atoms with Crippen LogP contribution in [0.4, 0.5) is 0 Å². The largest absolute Gasteiger partial charge is 0.340 e. The number of fused-ring (bicyclic) bond motifs is 1. The van der Waals surface area contributed by atoms with Crippen molar-refractivity contribution < 1.29 is 0 Å². The lowest BCUT2D eigenvalue weighted by Gasteiger charge is -2.06. The van der Waals surface area contributed by atoms with Gasteiger partial charge in [-0.2, -0.15) is 0 Å². The lowest BCUT2D eigenvalue weighted by Crippen LogP contribution is -1.99. The van der Waals surface area contributed by atoms with Gasteiger partial charge in [-0.1, -0.05) is 29.8 Å². The second kappa shape index (κ2) is 4.21. The van der Waals surface area contributed by atoms with Crippen LogP contribution in [0.2, 0.25) is 4.34 Å². The number of aromatic nitrogens is 1. The minimum Gasteiger partial charge on any atom is -0.340 e. The van der Waals surface area contributed by atoms with Crippen molar-refractivity contribution in [3.63, 3.8) is 0 Å². The van der Waals surface area contributed by atoms with Crippen LogP contribution in [0.25, 0.3) is 10.9 Å². The van der Waals surface area contributed by atoms with E-state index in [1.54, 1.807) is 11.3 Å². The molecule has 0 spiro atoms. The van der Waals surface area contributed by atoms with E-state index in [2.05, 4.69) is 47.9 Å². The molecule has 0 saturated heterocycles. The van der Waals surface area contributed by atoms with E-state index in [9.17, 15) is 0 Å². The molecule has 0 bridgehead atoms. The molecule has 0 atom stereocenters. The fraction of sp³-hybridized carbons (Fsp3) is 0.143. The van der Waals surface area contributed by atoms with Gasteiger partial charge in [0.1, 0.15) is 0 Å². The van der Waals surface area contributed by atoms with Crippen molar-refractivity contribution >= 4 is 33.8 Å². The summed E-state index contributed by atoms with van der Waals surface area (Å²) in [4.78, 5) is 1.29. The quantitative estimate of drug-likeness (QED) is 0.629. The highest BCUT2D eigenvalue weighted by atomic mass is 35.5. The van der Waals surface area contributed by atoms with Crippen LogP contribution in [0, 0.1) is 6.92 Å². The van der Waals surface area contributed by atoms with Crippen molar-refractivity contribution in [2.24, 2.45) is 0 Å². The van der Waals surface area contributed by atoms with Gasteiger partial charge in [0.15, 0.2) is 0 Å². The number of rotatable bonds is 2. The van der Waals surface area contributed by atoms with E-state index < -0.39 is 0 Å². The van der Waals surface area contributed by atoms with Crippen LogP contribution < -0.4 is 0 Å². The first-order chi connectivity index (χ1) is 8.24. The minimum absolute atomic E-state index is 0.856. The molecule has 3 rings (SSSR count). The van der Waals surface area contributed by atoms with Crippen molar-refractivity contribution in [3.8, 4) is 0 Å². The summed E-state index contributed by atoms with van der Waals surface area (Å²) in [7, 11) is 0. The fourth-order valence-electron chi connectivity index (χ4n) is 2.15. The highest BCUT2D eigenvalue weighted by molar-refractivity contribution is 7.16. The summed E-state index contributed by atoms with van der Waals surface area (Å²) < 4.78 is 3.19. The molecule has 0 fully saturated rings. The van der Waals surface area contributed by atoms with E-state index in [0.717, 1.165) is 10.9 Å². The molecule has 86 valence electrons. The molecule has 0 aliphatic rings. The Labute approximate surface area is 109 Å². The summed E-state index contributed by atoms with van der Waals surface area (Å²) in [6, 6.07) is 14.8. The Morgan fingerprint density at radius 2 is 2.00 bits per heavy atom. The lowest BCUT2D eigenvalue weighted by molar-refractivity contribution is 0.817. The molecule has 3 aromatic rings. The van der Waals surface area contributed by atoms with Crippen molar-refractivity contribution in [2.75, 3.05) is 0 Å². The van der Waals surface area contributed by atoms with E-state index in [0.29, 0.717) is 0 Å². The van der Waals surface area contributed by atoms with Crippen LogP contribution in [0.3, 0.4) is 0 Å². The Kier molecular flexibility index (Phi) is 2.69. The zero-order valence-electron chi connectivity index (χ0n) is 9.48. The molecular formula is C14H12ClNS. The van der Waals surface area contributed by atoms with Gasteiger partial charge in [0.2, 0.25) is 0 Å². The third-order valence-electron chi connectivity index (χ3n) is 2.96. The number of hydrogen-bond acceptors (Lipinski definition) is 1. The molecule has 0 radical (unpaired) electrons. The van der Waals surface area contributed by atoms with Crippen LogP contribution in [0.1, 0.15) is 10.6 Å². The highest BCUT2D eigenvalue weighted by Crippen LogP contribution is 2.25. The second-order valence-corrected chi connectivity index (χ2v) is 5.94. The second-order valence-electron chi connectivity index (χ2n) is 4.14. The average molecular weight is 262 g/mol. The molecule has 0 unspecified atom stereocenters. The summed E-state index contributed by atoms with van der Waals surface area (Å²) in [6.45, 7) is 3.05. The van der Waals surface area contributed by atoms with Gasteiger partial charge in [0.25, 0.3) is 0 Å². The normalized spacial score (nSPS) is 11.2. The van der Waals surface area contributed by atoms with E-state index in [-0.39, 0.29) is 0 Å². The first kappa shape index (κ1) is 10.9. The van der Waals surface area contributed by atoms with Gasteiger partial charge in [-0.15, -0.1) is 11.3 Å². The monoisotopic (exact) mass is 261 g/mol. The maximum atomic E-state index is 5.97. The molecule has 1 aromatic carbocycles. The minimum atomic E-state index is 0.856. The van der Waals surface area contributed by atoms with E-state index in [1.807, 2.05) is 6.07 Å². The molecule has 2 heterocycles. The van der Waals surface area contributed by atoms with Crippen molar-refractivity contribution in [3.05, 3.63) is 57.4 Å². The molecule has 2 aromatic heterocycles. The summed E-state index contributed by atoms with van der Waals surface area (Å²) in [5.74, 6) is 0. The fourth-order valence-corrected chi connectivity index (χ4v) is 3.23. The molecule has 17 heavy (non-hydrogen) atoms. The van der Waals surface area contributed by atoms with E-state index in [4.69, 9.17) is 11.6 Å². The molecule has 0 saturated carbocycles. The summed E-state index contributed by atoms with van der Waals surface area (Å²) in [6.07, 6.45) is 0. The molecular weight excluding hydrogens is 250 g/mol. The van der Waals surface area contributed by atoms with E-state index in [1.165, 1.54) is 21.5 Å². The number of benzene rings is 1. The molecule has 3 heteroatoms. The Morgan fingerprint density at radius 3 is 2.76 bits per heavy atom. The van der Waals surface area contributed by atoms with Gasteiger partial charge >= 0.3 is 0 Å². The Hall–Kier alpha value is -1.25. The zero-order chi connectivity index (χ0) is 11.8. The summed E-state index contributed by atoms with van der Waals surface area (Å²) >= 11 is 7.62. The Morgan fingerprint density at radius 1 is 1.18 bits per heavy atom. The van der Waals surface area contributed by atoms with Crippen LogP contribution in [-0.4, -0.2) is 4.57 Å². The van der Waals surface area contributed by atoms with Gasteiger partial charge in [0.05, 0.1) is 10.9 Å². The molecule has 0 aliphatic heterocycles. The number of halogens is 1. The van der Waals surface area contributed by atoms with Gasteiger partial charge in [-0.3, -0.25) is 0 Å². The first-order valence-corrected chi connectivity index (χ1v) is 6.72. The van der Waals surface area contributed by atoms with Gasteiger partial charge in [-0.05, 0) is 36.6 Å². The number of hydrogen-bond donors (Lipinski definition) is 0. The van der Waals surface area contributed by atoms with Crippen LogP contribution >= 0.6 is 22.9 Å². The van der Waals surface area contributed by atoms with Gasteiger partial charge in [-0.25, -0.2) is 0 Å². The lowest BCUT2D eigenvalue weighted by atomic mass is 10.2. The SMILES string of the molecule is Cc1cc2ccccc2n1Cc1ccc(Cl)s1. The third-order valence-corrected chi connectivity index (χ3v) is 4.18. The number of para-hydroxylation sites is 1. The smallest absolute Gasteiger partial charge is 0.0931 e. The van der Waals surface area contributed by atoms with Crippen molar-refractivity contribution in [2.45, 2.75) is 13.5 Å². The number of thiophene rings is 1. The topological polar surface area (TPSA) is 4.93 Å². The van der Waals surface area contributed by atoms with Crippen molar-refractivity contribution in [1.82, 2.24) is 4.57 Å². The summed E-state index contributed by atoms with van der Waals surface area (Å²) in [5, 5.41) is 1.30.